The van der Waals surface area contributed by atoms with Gasteiger partial charge in [-0.25, -0.2) is 0 Å². The first-order valence-electron chi connectivity index (χ1n) is 11.3. The number of aromatic amines is 1. The molecule has 180 valence electrons. The summed E-state index contributed by atoms with van der Waals surface area (Å²) in [7, 11) is 0. The maximum Gasteiger partial charge on any atom is 0.272 e. The van der Waals surface area contributed by atoms with Crippen molar-refractivity contribution in [3.8, 4) is 11.1 Å². The molecule has 5 rings (SSSR count). The number of fused-ring (bicyclic) bond motifs is 1. The number of aromatic nitrogens is 2. The van der Waals surface area contributed by atoms with Gasteiger partial charge in [-0.05, 0) is 63.5 Å². The van der Waals surface area contributed by atoms with Crippen LogP contribution in [0.3, 0.4) is 0 Å². The molecule has 0 spiro atoms. The second kappa shape index (κ2) is 10.7. The first kappa shape index (κ1) is 23.7. The number of hydrogen-bond acceptors (Lipinski definition) is 6. The maximum atomic E-state index is 12.7. The SMILES string of the molecule is O=C(Nc1ccc(-c2ccc3c(C(=O)NCCN4CCOCC4)n[nH]c3c2)cc1)c1ccc(Br)s1. The third kappa shape index (κ3) is 5.62. The van der Waals surface area contributed by atoms with Gasteiger partial charge in [0.1, 0.15) is 0 Å². The maximum absolute atomic E-state index is 12.7. The largest absolute Gasteiger partial charge is 0.379 e. The summed E-state index contributed by atoms with van der Waals surface area (Å²) in [5, 5.41) is 13.9. The zero-order valence-corrected chi connectivity index (χ0v) is 21.2. The van der Waals surface area contributed by atoms with Crippen molar-refractivity contribution in [2.45, 2.75) is 0 Å². The fourth-order valence-corrected chi connectivity index (χ4v) is 5.26. The first-order valence-corrected chi connectivity index (χ1v) is 12.9. The molecule has 35 heavy (non-hydrogen) atoms. The molecule has 2 amide bonds. The molecule has 2 aromatic heterocycles. The Kier molecular flexibility index (Phi) is 7.24. The summed E-state index contributed by atoms with van der Waals surface area (Å²) in [6, 6.07) is 17.2. The fraction of sp³-hybridized carbons (Fsp3) is 0.240. The highest BCUT2D eigenvalue weighted by molar-refractivity contribution is 9.11. The van der Waals surface area contributed by atoms with Crippen molar-refractivity contribution >= 4 is 55.7 Å². The molecule has 8 nitrogen and oxygen atoms in total. The van der Waals surface area contributed by atoms with Gasteiger partial charge in [-0.2, -0.15) is 5.10 Å². The van der Waals surface area contributed by atoms with E-state index in [1.165, 1.54) is 11.3 Å². The molecule has 0 aliphatic carbocycles. The number of carbonyl (C=O) groups excluding carboxylic acids is 2. The topological polar surface area (TPSA) is 99.3 Å². The number of H-pyrrole nitrogens is 1. The van der Waals surface area contributed by atoms with Crippen LogP contribution in [0.5, 0.6) is 0 Å². The predicted molar refractivity (Wildman–Crippen MR) is 141 cm³/mol. The Labute approximate surface area is 214 Å². The number of thiophene rings is 1. The number of anilines is 1. The molecule has 1 fully saturated rings. The summed E-state index contributed by atoms with van der Waals surface area (Å²) in [6.07, 6.45) is 0. The lowest BCUT2D eigenvalue weighted by Crippen LogP contribution is -2.41. The summed E-state index contributed by atoms with van der Waals surface area (Å²) in [5.41, 5.74) is 3.89. The lowest BCUT2D eigenvalue weighted by Gasteiger charge is -2.26. The summed E-state index contributed by atoms with van der Waals surface area (Å²) < 4.78 is 6.27. The number of carbonyl (C=O) groups is 2. The number of amides is 2. The molecule has 3 N–H and O–H groups in total. The number of morpholine rings is 1. The third-order valence-corrected chi connectivity index (χ3v) is 7.49. The molecule has 0 saturated carbocycles. The van der Waals surface area contributed by atoms with Crippen molar-refractivity contribution < 1.29 is 14.3 Å². The highest BCUT2D eigenvalue weighted by atomic mass is 79.9. The van der Waals surface area contributed by atoms with E-state index in [0.717, 1.165) is 64.4 Å². The van der Waals surface area contributed by atoms with Crippen LogP contribution in [-0.4, -0.2) is 66.3 Å². The molecule has 3 heterocycles. The number of halogens is 1. The van der Waals surface area contributed by atoms with E-state index in [4.69, 9.17) is 4.74 Å². The van der Waals surface area contributed by atoms with Gasteiger partial charge in [0.25, 0.3) is 11.8 Å². The predicted octanol–water partition coefficient (Wildman–Crippen LogP) is 4.37. The van der Waals surface area contributed by atoms with E-state index in [1.54, 1.807) is 6.07 Å². The zero-order chi connectivity index (χ0) is 24.2. The van der Waals surface area contributed by atoms with Crippen molar-refractivity contribution in [1.29, 1.82) is 0 Å². The molecule has 0 radical (unpaired) electrons. The molecule has 0 atom stereocenters. The number of nitrogens with one attached hydrogen (secondary N) is 3. The van der Waals surface area contributed by atoms with E-state index in [-0.39, 0.29) is 11.8 Å². The molecule has 1 aliphatic rings. The van der Waals surface area contributed by atoms with Gasteiger partial charge >= 0.3 is 0 Å². The van der Waals surface area contributed by atoms with Gasteiger partial charge in [0.05, 0.1) is 27.4 Å². The van der Waals surface area contributed by atoms with E-state index in [1.807, 2.05) is 48.5 Å². The van der Waals surface area contributed by atoms with E-state index < -0.39 is 0 Å². The molecule has 10 heteroatoms. The van der Waals surface area contributed by atoms with Gasteiger partial charge in [-0.1, -0.05) is 18.2 Å². The van der Waals surface area contributed by atoms with Gasteiger partial charge in [-0.15, -0.1) is 11.3 Å². The Bertz CT molecular complexity index is 1340. The second-order valence-corrected chi connectivity index (χ2v) is 10.6. The smallest absolute Gasteiger partial charge is 0.272 e. The standard InChI is InChI=1S/C25H24BrN5O3S/c26-22-8-7-21(35-22)24(32)28-18-4-1-16(2-5-18)17-3-6-19-20(15-17)29-30-23(19)25(33)27-9-10-31-11-13-34-14-12-31/h1-8,15H,9-14H2,(H,27,33)(H,28,32)(H,29,30). The molecule has 0 unspecified atom stereocenters. The Morgan fingerprint density at radius 2 is 1.80 bits per heavy atom. The number of ether oxygens (including phenoxy) is 1. The van der Waals surface area contributed by atoms with Crippen molar-refractivity contribution in [3.63, 3.8) is 0 Å². The van der Waals surface area contributed by atoms with Gasteiger partial charge in [-0.3, -0.25) is 19.6 Å². The van der Waals surface area contributed by atoms with Crippen LogP contribution < -0.4 is 10.6 Å². The quantitative estimate of drug-likeness (QED) is 0.315. The van der Waals surface area contributed by atoms with Crippen LogP contribution in [0.25, 0.3) is 22.0 Å². The van der Waals surface area contributed by atoms with Crippen LogP contribution in [0.2, 0.25) is 0 Å². The van der Waals surface area contributed by atoms with Crippen LogP contribution in [-0.2, 0) is 4.74 Å². The van der Waals surface area contributed by atoms with E-state index >= 15 is 0 Å². The van der Waals surface area contributed by atoms with Gasteiger partial charge in [0.15, 0.2) is 5.69 Å². The summed E-state index contributed by atoms with van der Waals surface area (Å²) in [4.78, 5) is 28.0. The normalized spacial score (nSPS) is 14.2. The van der Waals surface area contributed by atoms with Crippen LogP contribution >= 0.6 is 27.3 Å². The van der Waals surface area contributed by atoms with E-state index in [2.05, 4.69) is 41.7 Å². The first-order chi connectivity index (χ1) is 17.1. The molecular weight excluding hydrogens is 530 g/mol. The van der Waals surface area contributed by atoms with Gasteiger partial charge in [0, 0.05) is 37.3 Å². The summed E-state index contributed by atoms with van der Waals surface area (Å²) >= 11 is 4.77. The highest BCUT2D eigenvalue weighted by Gasteiger charge is 2.16. The molecular formula is C25H24BrN5O3S. The van der Waals surface area contributed by atoms with Crippen LogP contribution in [0.15, 0.2) is 58.4 Å². The minimum absolute atomic E-state index is 0.136. The number of nitrogens with zero attached hydrogens (tertiary/aromatic N) is 2. The number of rotatable bonds is 7. The summed E-state index contributed by atoms with van der Waals surface area (Å²) in [6.45, 7) is 4.63. The van der Waals surface area contributed by atoms with Crippen LogP contribution in [0.1, 0.15) is 20.2 Å². The average molecular weight is 554 g/mol. The lowest BCUT2D eigenvalue weighted by molar-refractivity contribution is 0.0383. The van der Waals surface area contributed by atoms with E-state index in [0.29, 0.717) is 17.1 Å². The van der Waals surface area contributed by atoms with Crippen molar-refractivity contribution in [3.05, 3.63) is 69.0 Å². The van der Waals surface area contributed by atoms with Gasteiger partial charge < -0.3 is 15.4 Å². The third-order valence-electron chi connectivity index (χ3n) is 5.87. The summed E-state index contributed by atoms with van der Waals surface area (Å²) in [5.74, 6) is -0.321. The average Bonchev–Trinajstić information content (AvgIpc) is 3.51. The van der Waals surface area contributed by atoms with Crippen molar-refractivity contribution in [1.82, 2.24) is 20.4 Å². The molecule has 4 aromatic rings. The fourth-order valence-electron chi connectivity index (χ4n) is 3.98. The Balaban J connectivity index is 1.22. The monoisotopic (exact) mass is 553 g/mol. The minimum atomic E-state index is -0.185. The minimum Gasteiger partial charge on any atom is -0.379 e. The molecule has 0 bridgehead atoms. The van der Waals surface area contributed by atoms with Crippen LogP contribution in [0, 0.1) is 0 Å². The highest BCUT2D eigenvalue weighted by Crippen LogP contribution is 2.27. The van der Waals surface area contributed by atoms with Crippen LogP contribution in [0.4, 0.5) is 5.69 Å². The van der Waals surface area contributed by atoms with Crippen molar-refractivity contribution in [2.24, 2.45) is 0 Å². The van der Waals surface area contributed by atoms with Gasteiger partial charge in [0.2, 0.25) is 0 Å². The molecule has 1 saturated heterocycles. The molecule has 2 aromatic carbocycles. The number of benzene rings is 2. The Morgan fingerprint density at radius 3 is 2.54 bits per heavy atom. The van der Waals surface area contributed by atoms with E-state index in [9.17, 15) is 9.59 Å². The Hall–Kier alpha value is -3.05. The lowest BCUT2D eigenvalue weighted by atomic mass is 10.0. The molecule has 1 aliphatic heterocycles. The zero-order valence-electron chi connectivity index (χ0n) is 18.8. The number of hydrogen-bond donors (Lipinski definition) is 3. The second-order valence-electron chi connectivity index (χ2n) is 8.18. The Morgan fingerprint density at radius 1 is 1.03 bits per heavy atom. The van der Waals surface area contributed by atoms with Crippen molar-refractivity contribution in [2.75, 3.05) is 44.7 Å².